The van der Waals surface area contributed by atoms with Crippen LogP contribution in [0.4, 0.5) is 0 Å². The number of carbonyl (C=O) groups excluding carboxylic acids is 2. The second-order valence-corrected chi connectivity index (χ2v) is 9.96. The summed E-state index contributed by atoms with van der Waals surface area (Å²) in [5.41, 5.74) is 4.05. The minimum absolute atomic E-state index is 0.0419. The minimum atomic E-state index is -0.330. The average molecular weight is 535 g/mol. The number of benzene rings is 3. The lowest BCUT2D eigenvalue weighted by Gasteiger charge is -2.16. The summed E-state index contributed by atoms with van der Waals surface area (Å²) in [6.07, 6.45) is 5.50. The number of amides is 2. The van der Waals surface area contributed by atoms with Crippen molar-refractivity contribution in [2.24, 2.45) is 0 Å². The van der Waals surface area contributed by atoms with Crippen molar-refractivity contribution in [2.45, 2.75) is 45.1 Å². The number of aromatic nitrogens is 4. The van der Waals surface area contributed by atoms with Gasteiger partial charge in [0.15, 0.2) is 5.69 Å². The Morgan fingerprint density at radius 3 is 2.50 bits per heavy atom. The van der Waals surface area contributed by atoms with E-state index in [1.807, 2.05) is 55.6 Å². The van der Waals surface area contributed by atoms with Gasteiger partial charge in [-0.2, -0.15) is 5.10 Å². The Balaban J connectivity index is 1.34. The highest BCUT2D eigenvalue weighted by molar-refractivity contribution is 5.92. The molecule has 2 heterocycles. The SMILES string of the molecule is CNC(=O)CCCCC[C@H](NC(=O)c1cc(C)n(-c2ccccc2)n1)c1ncc(-c2ccc3ccccc3c2)[nH]1. The monoisotopic (exact) mass is 534 g/mol. The molecule has 1 atom stereocenters. The first-order chi connectivity index (χ1) is 19.5. The van der Waals surface area contributed by atoms with E-state index in [0.717, 1.165) is 47.3 Å². The Morgan fingerprint density at radius 2 is 1.70 bits per heavy atom. The normalized spacial score (nSPS) is 11.8. The number of unbranched alkanes of at least 4 members (excludes halogenated alkanes) is 2. The molecule has 2 amide bonds. The summed E-state index contributed by atoms with van der Waals surface area (Å²) in [7, 11) is 1.65. The molecule has 3 N–H and O–H groups in total. The summed E-state index contributed by atoms with van der Waals surface area (Å²) >= 11 is 0. The van der Waals surface area contributed by atoms with E-state index in [9.17, 15) is 9.59 Å². The third-order valence-corrected chi connectivity index (χ3v) is 7.09. The number of hydrogen-bond acceptors (Lipinski definition) is 4. The van der Waals surface area contributed by atoms with E-state index < -0.39 is 0 Å². The van der Waals surface area contributed by atoms with Gasteiger partial charge in [0.1, 0.15) is 5.82 Å². The molecule has 5 rings (SSSR count). The lowest BCUT2D eigenvalue weighted by atomic mass is 10.1. The highest BCUT2D eigenvalue weighted by Gasteiger charge is 2.21. The van der Waals surface area contributed by atoms with Crippen LogP contribution in [0.3, 0.4) is 0 Å². The molecule has 2 aromatic heterocycles. The molecule has 5 aromatic rings. The van der Waals surface area contributed by atoms with Crippen LogP contribution >= 0.6 is 0 Å². The minimum Gasteiger partial charge on any atom is -0.359 e. The Bertz CT molecular complexity index is 1600. The Labute approximate surface area is 233 Å². The van der Waals surface area contributed by atoms with Crippen LogP contribution in [0.25, 0.3) is 27.7 Å². The molecular weight excluding hydrogens is 500 g/mol. The van der Waals surface area contributed by atoms with Crippen LogP contribution in [0.15, 0.2) is 85.1 Å². The summed E-state index contributed by atoms with van der Waals surface area (Å²) in [5.74, 6) is 0.485. The van der Waals surface area contributed by atoms with Crippen LogP contribution in [-0.2, 0) is 4.79 Å². The Morgan fingerprint density at radius 1 is 0.925 bits per heavy atom. The molecule has 40 heavy (non-hydrogen) atoms. The summed E-state index contributed by atoms with van der Waals surface area (Å²) in [4.78, 5) is 33.1. The van der Waals surface area contributed by atoms with Crippen molar-refractivity contribution in [1.82, 2.24) is 30.4 Å². The zero-order chi connectivity index (χ0) is 27.9. The maximum Gasteiger partial charge on any atom is 0.272 e. The molecule has 0 unspecified atom stereocenters. The third-order valence-electron chi connectivity index (χ3n) is 7.09. The predicted octanol–water partition coefficient (Wildman–Crippen LogP) is 5.89. The Hall–Kier alpha value is -4.72. The van der Waals surface area contributed by atoms with Crippen molar-refractivity contribution in [2.75, 3.05) is 7.05 Å². The van der Waals surface area contributed by atoms with E-state index in [0.29, 0.717) is 24.4 Å². The maximum absolute atomic E-state index is 13.4. The first kappa shape index (κ1) is 26.9. The fourth-order valence-corrected chi connectivity index (χ4v) is 4.88. The lowest BCUT2D eigenvalue weighted by Crippen LogP contribution is -2.29. The van der Waals surface area contributed by atoms with E-state index >= 15 is 0 Å². The molecule has 0 radical (unpaired) electrons. The molecule has 3 aromatic carbocycles. The van der Waals surface area contributed by atoms with Gasteiger partial charge in [-0.15, -0.1) is 0 Å². The number of aromatic amines is 1. The molecule has 8 nitrogen and oxygen atoms in total. The van der Waals surface area contributed by atoms with Crippen molar-refractivity contribution in [1.29, 1.82) is 0 Å². The fourth-order valence-electron chi connectivity index (χ4n) is 4.88. The molecule has 0 fully saturated rings. The van der Waals surface area contributed by atoms with E-state index in [4.69, 9.17) is 0 Å². The highest BCUT2D eigenvalue weighted by Crippen LogP contribution is 2.26. The van der Waals surface area contributed by atoms with Gasteiger partial charge in [-0.3, -0.25) is 9.59 Å². The van der Waals surface area contributed by atoms with Gasteiger partial charge in [0, 0.05) is 24.7 Å². The Kier molecular flexibility index (Phi) is 8.35. The average Bonchev–Trinajstić information content (AvgIpc) is 3.64. The van der Waals surface area contributed by atoms with Gasteiger partial charge >= 0.3 is 0 Å². The van der Waals surface area contributed by atoms with Gasteiger partial charge in [0.2, 0.25) is 5.91 Å². The zero-order valence-electron chi connectivity index (χ0n) is 22.9. The van der Waals surface area contributed by atoms with Gasteiger partial charge in [-0.1, -0.05) is 67.4 Å². The smallest absolute Gasteiger partial charge is 0.272 e. The highest BCUT2D eigenvalue weighted by atomic mass is 16.2. The topological polar surface area (TPSA) is 105 Å². The number of carbonyl (C=O) groups is 2. The van der Waals surface area contributed by atoms with Crippen molar-refractivity contribution in [3.05, 3.63) is 102 Å². The first-order valence-electron chi connectivity index (χ1n) is 13.7. The van der Waals surface area contributed by atoms with Crippen molar-refractivity contribution >= 4 is 22.6 Å². The van der Waals surface area contributed by atoms with Crippen LogP contribution in [0.5, 0.6) is 0 Å². The molecule has 0 aliphatic heterocycles. The van der Waals surface area contributed by atoms with Crippen LogP contribution < -0.4 is 10.6 Å². The maximum atomic E-state index is 13.4. The van der Waals surface area contributed by atoms with E-state index in [1.54, 1.807) is 17.8 Å². The van der Waals surface area contributed by atoms with Crippen molar-refractivity contribution in [3.8, 4) is 16.9 Å². The third kappa shape index (κ3) is 6.29. The quantitative estimate of drug-likeness (QED) is 0.184. The number of rotatable bonds is 11. The van der Waals surface area contributed by atoms with Crippen LogP contribution in [0, 0.1) is 6.92 Å². The molecule has 0 aliphatic rings. The summed E-state index contributed by atoms with van der Waals surface area (Å²) in [6, 6.07) is 25.8. The van der Waals surface area contributed by atoms with Crippen LogP contribution in [0.1, 0.15) is 60.2 Å². The van der Waals surface area contributed by atoms with E-state index in [-0.39, 0.29) is 17.9 Å². The molecule has 0 spiro atoms. The number of imidazole rings is 1. The van der Waals surface area contributed by atoms with Gasteiger partial charge in [0.25, 0.3) is 5.91 Å². The van der Waals surface area contributed by atoms with E-state index in [1.165, 1.54) is 5.39 Å². The lowest BCUT2D eigenvalue weighted by molar-refractivity contribution is -0.120. The standard InChI is InChI=1S/C32H34N6O2/c1-22-19-28(37-38(22)26-13-5-3-6-14-26)32(40)36-27(15-7-4-8-16-30(39)33-2)31-34-21-29(35-31)25-18-17-23-11-9-10-12-24(23)20-25/h3,5-6,9-14,17-21,27H,4,7-8,15-16H2,1-2H3,(H,33,39)(H,34,35)(H,36,40)/t27-/m0/s1. The summed E-state index contributed by atoms with van der Waals surface area (Å²) in [6.45, 7) is 1.93. The second-order valence-electron chi connectivity index (χ2n) is 9.96. The predicted molar refractivity (Wildman–Crippen MR) is 157 cm³/mol. The number of nitrogens with zero attached hydrogens (tertiary/aromatic N) is 3. The molecular formula is C32H34N6O2. The van der Waals surface area contributed by atoms with E-state index in [2.05, 4.69) is 56.0 Å². The molecule has 0 saturated carbocycles. The van der Waals surface area contributed by atoms with Crippen molar-refractivity contribution < 1.29 is 9.59 Å². The molecule has 204 valence electrons. The number of para-hydroxylation sites is 1. The molecule has 8 heteroatoms. The number of nitrogens with one attached hydrogen (secondary N) is 3. The number of aryl methyl sites for hydroxylation is 1. The fraction of sp³-hybridized carbons (Fsp3) is 0.250. The van der Waals surface area contributed by atoms with Crippen LogP contribution in [0.2, 0.25) is 0 Å². The number of fused-ring (bicyclic) bond motifs is 1. The number of hydrogen-bond donors (Lipinski definition) is 3. The second kappa shape index (κ2) is 12.4. The van der Waals surface area contributed by atoms with Gasteiger partial charge in [0.05, 0.1) is 23.6 Å². The van der Waals surface area contributed by atoms with Crippen LogP contribution in [-0.4, -0.2) is 38.6 Å². The molecule has 0 saturated heterocycles. The van der Waals surface area contributed by atoms with Gasteiger partial charge < -0.3 is 15.6 Å². The summed E-state index contributed by atoms with van der Waals surface area (Å²) < 4.78 is 1.77. The number of H-pyrrole nitrogens is 1. The molecule has 0 aliphatic carbocycles. The van der Waals surface area contributed by atoms with Gasteiger partial charge in [-0.25, -0.2) is 9.67 Å². The van der Waals surface area contributed by atoms with Crippen molar-refractivity contribution in [3.63, 3.8) is 0 Å². The summed E-state index contributed by atoms with van der Waals surface area (Å²) in [5, 5.41) is 12.7. The molecule has 0 bridgehead atoms. The van der Waals surface area contributed by atoms with Gasteiger partial charge in [-0.05, 0) is 54.8 Å². The largest absolute Gasteiger partial charge is 0.359 e. The first-order valence-corrected chi connectivity index (χ1v) is 13.7. The zero-order valence-corrected chi connectivity index (χ0v) is 22.9.